The summed E-state index contributed by atoms with van der Waals surface area (Å²) in [6.45, 7) is 1.74. The molecule has 0 aromatic heterocycles. The van der Waals surface area contributed by atoms with Crippen molar-refractivity contribution in [2.45, 2.75) is 38.1 Å². The number of piperidine rings is 1. The summed E-state index contributed by atoms with van der Waals surface area (Å²) in [4.78, 5) is 11.8. The van der Waals surface area contributed by atoms with Crippen molar-refractivity contribution in [3.05, 3.63) is 35.9 Å². The minimum atomic E-state index is 0. The zero-order valence-corrected chi connectivity index (χ0v) is 12.0. The van der Waals surface area contributed by atoms with E-state index in [1.807, 2.05) is 6.07 Å². The van der Waals surface area contributed by atoms with Gasteiger partial charge in [-0.05, 0) is 37.8 Å². The minimum absolute atomic E-state index is 0. The Labute approximate surface area is 121 Å². The van der Waals surface area contributed by atoms with Crippen LogP contribution in [-0.4, -0.2) is 25.0 Å². The molecule has 1 atom stereocenters. The quantitative estimate of drug-likeness (QED) is 0.814. The molecule has 1 fully saturated rings. The molecule has 0 aliphatic carbocycles. The first kappa shape index (κ1) is 16.0. The largest absolute Gasteiger partial charge is 0.355 e. The van der Waals surface area contributed by atoms with Gasteiger partial charge in [0, 0.05) is 6.54 Å². The van der Waals surface area contributed by atoms with E-state index < -0.39 is 0 Å². The van der Waals surface area contributed by atoms with Crippen molar-refractivity contribution >= 4 is 18.3 Å². The Kier molecular flexibility index (Phi) is 7.53. The molecule has 1 saturated heterocycles. The van der Waals surface area contributed by atoms with E-state index in [0.717, 1.165) is 38.8 Å². The van der Waals surface area contributed by atoms with Crippen molar-refractivity contribution < 1.29 is 4.79 Å². The molecule has 1 aromatic rings. The number of carbonyl (C=O) groups excluding carboxylic acids is 1. The highest BCUT2D eigenvalue weighted by Gasteiger charge is 2.19. The molecule has 1 unspecified atom stereocenters. The zero-order chi connectivity index (χ0) is 12.6. The van der Waals surface area contributed by atoms with Crippen LogP contribution in [0, 0.1) is 0 Å². The molecular formula is C15H23ClN2O. The maximum atomic E-state index is 11.8. The van der Waals surface area contributed by atoms with E-state index in [2.05, 4.69) is 34.9 Å². The number of rotatable bonds is 5. The van der Waals surface area contributed by atoms with E-state index in [0.29, 0.717) is 0 Å². The summed E-state index contributed by atoms with van der Waals surface area (Å²) in [5, 5.41) is 6.29. The lowest BCUT2D eigenvalue weighted by Gasteiger charge is -2.22. The summed E-state index contributed by atoms with van der Waals surface area (Å²) in [7, 11) is 0. The summed E-state index contributed by atoms with van der Waals surface area (Å²) in [5.74, 6) is 0.169. The van der Waals surface area contributed by atoms with Crippen molar-refractivity contribution in [1.29, 1.82) is 0 Å². The molecule has 106 valence electrons. The second kappa shape index (κ2) is 8.94. The Hall–Kier alpha value is -1.06. The van der Waals surface area contributed by atoms with Gasteiger partial charge in [0.15, 0.2) is 0 Å². The third kappa shape index (κ3) is 5.62. The van der Waals surface area contributed by atoms with E-state index in [1.165, 1.54) is 12.0 Å². The molecule has 1 heterocycles. The Morgan fingerprint density at radius 1 is 1.26 bits per heavy atom. The van der Waals surface area contributed by atoms with Gasteiger partial charge in [0.25, 0.3) is 0 Å². The monoisotopic (exact) mass is 282 g/mol. The lowest BCUT2D eigenvalue weighted by molar-refractivity contribution is -0.123. The average molecular weight is 283 g/mol. The highest BCUT2D eigenvalue weighted by Crippen LogP contribution is 2.07. The lowest BCUT2D eigenvalue weighted by atomic mass is 10.0. The first-order valence-electron chi connectivity index (χ1n) is 6.91. The predicted molar refractivity (Wildman–Crippen MR) is 80.7 cm³/mol. The summed E-state index contributed by atoms with van der Waals surface area (Å²) >= 11 is 0. The number of hydrogen-bond donors (Lipinski definition) is 2. The van der Waals surface area contributed by atoms with Gasteiger partial charge in [-0.1, -0.05) is 36.8 Å². The normalized spacial score (nSPS) is 18.4. The molecule has 2 N–H and O–H groups in total. The van der Waals surface area contributed by atoms with E-state index >= 15 is 0 Å². The fraction of sp³-hybridized carbons (Fsp3) is 0.533. The predicted octanol–water partition coefficient (Wildman–Crippen LogP) is 2.30. The standard InChI is InChI=1S/C15H22N2O.ClH/c18-15(14-10-4-5-11-16-14)17-12-6-9-13-7-2-1-3-8-13;/h1-3,7-8,14,16H,4-6,9-12H2,(H,17,18);1H. The molecule has 19 heavy (non-hydrogen) atoms. The highest BCUT2D eigenvalue weighted by molar-refractivity contribution is 5.85. The van der Waals surface area contributed by atoms with Gasteiger partial charge >= 0.3 is 0 Å². The maximum absolute atomic E-state index is 11.8. The summed E-state index contributed by atoms with van der Waals surface area (Å²) < 4.78 is 0. The van der Waals surface area contributed by atoms with Crippen LogP contribution in [-0.2, 0) is 11.2 Å². The number of hydrogen-bond acceptors (Lipinski definition) is 2. The number of halogens is 1. The first-order valence-corrected chi connectivity index (χ1v) is 6.91. The second-order valence-electron chi connectivity index (χ2n) is 4.88. The lowest BCUT2D eigenvalue weighted by Crippen LogP contribution is -2.46. The topological polar surface area (TPSA) is 41.1 Å². The van der Waals surface area contributed by atoms with Crippen LogP contribution in [0.15, 0.2) is 30.3 Å². The van der Waals surface area contributed by atoms with E-state index in [4.69, 9.17) is 0 Å². The van der Waals surface area contributed by atoms with Crippen LogP contribution in [0.3, 0.4) is 0 Å². The maximum Gasteiger partial charge on any atom is 0.237 e. The van der Waals surface area contributed by atoms with E-state index in [9.17, 15) is 4.79 Å². The van der Waals surface area contributed by atoms with Crippen LogP contribution >= 0.6 is 12.4 Å². The minimum Gasteiger partial charge on any atom is -0.355 e. The Morgan fingerprint density at radius 2 is 2.05 bits per heavy atom. The zero-order valence-electron chi connectivity index (χ0n) is 11.2. The van der Waals surface area contributed by atoms with E-state index in [-0.39, 0.29) is 24.4 Å². The summed E-state index contributed by atoms with van der Waals surface area (Å²) in [5.41, 5.74) is 1.34. The number of nitrogens with one attached hydrogen (secondary N) is 2. The highest BCUT2D eigenvalue weighted by atomic mass is 35.5. The molecule has 1 aliphatic rings. The molecule has 1 aromatic carbocycles. The van der Waals surface area contributed by atoms with Crippen molar-refractivity contribution in [2.75, 3.05) is 13.1 Å². The smallest absolute Gasteiger partial charge is 0.237 e. The van der Waals surface area contributed by atoms with Crippen molar-refractivity contribution in [3.8, 4) is 0 Å². The van der Waals surface area contributed by atoms with Gasteiger partial charge in [0.1, 0.15) is 0 Å². The van der Waals surface area contributed by atoms with Crippen molar-refractivity contribution in [1.82, 2.24) is 10.6 Å². The van der Waals surface area contributed by atoms with Crippen LogP contribution in [0.4, 0.5) is 0 Å². The van der Waals surface area contributed by atoms with Crippen LogP contribution in [0.1, 0.15) is 31.2 Å². The van der Waals surface area contributed by atoms with Gasteiger partial charge in [-0.15, -0.1) is 12.4 Å². The van der Waals surface area contributed by atoms with Crippen LogP contribution in [0.2, 0.25) is 0 Å². The van der Waals surface area contributed by atoms with Gasteiger partial charge in [-0.2, -0.15) is 0 Å². The molecule has 1 aliphatic heterocycles. The molecule has 1 amide bonds. The van der Waals surface area contributed by atoms with Crippen LogP contribution < -0.4 is 10.6 Å². The number of amides is 1. The third-order valence-electron chi connectivity index (χ3n) is 3.41. The second-order valence-corrected chi connectivity index (χ2v) is 4.88. The number of carbonyl (C=O) groups is 1. The summed E-state index contributed by atoms with van der Waals surface area (Å²) in [6.07, 6.45) is 5.36. The average Bonchev–Trinajstić information content (AvgIpc) is 2.45. The Balaban J connectivity index is 0.00000180. The molecule has 0 radical (unpaired) electrons. The molecule has 3 nitrogen and oxygen atoms in total. The fourth-order valence-corrected chi connectivity index (χ4v) is 2.35. The SMILES string of the molecule is Cl.O=C(NCCCc1ccccc1)C1CCCCN1. The van der Waals surface area contributed by atoms with Gasteiger partial charge in [-0.25, -0.2) is 0 Å². The fourth-order valence-electron chi connectivity index (χ4n) is 2.35. The number of aryl methyl sites for hydroxylation is 1. The van der Waals surface area contributed by atoms with Crippen LogP contribution in [0.5, 0.6) is 0 Å². The Morgan fingerprint density at radius 3 is 2.74 bits per heavy atom. The molecule has 4 heteroatoms. The third-order valence-corrected chi connectivity index (χ3v) is 3.41. The number of benzene rings is 1. The molecule has 0 spiro atoms. The van der Waals surface area contributed by atoms with Gasteiger partial charge < -0.3 is 10.6 Å². The van der Waals surface area contributed by atoms with Gasteiger partial charge in [0.2, 0.25) is 5.91 Å². The van der Waals surface area contributed by atoms with Crippen molar-refractivity contribution in [2.24, 2.45) is 0 Å². The molecular weight excluding hydrogens is 260 g/mol. The van der Waals surface area contributed by atoms with Crippen molar-refractivity contribution in [3.63, 3.8) is 0 Å². The molecule has 0 saturated carbocycles. The first-order chi connectivity index (χ1) is 8.86. The van der Waals surface area contributed by atoms with Crippen LogP contribution in [0.25, 0.3) is 0 Å². The molecule has 0 bridgehead atoms. The Bertz CT molecular complexity index is 364. The van der Waals surface area contributed by atoms with Gasteiger partial charge in [-0.3, -0.25) is 4.79 Å². The van der Waals surface area contributed by atoms with E-state index in [1.54, 1.807) is 0 Å². The summed E-state index contributed by atoms with van der Waals surface area (Å²) in [6, 6.07) is 10.4. The molecule has 2 rings (SSSR count). The van der Waals surface area contributed by atoms with Gasteiger partial charge in [0.05, 0.1) is 6.04 Å².